The van der Waals surface area contributed by atoms with Gasteiger partial charge in [-0.3, -0.25) is 4.79 Å². The lowest BCUT2D eigenvalue weighted by Gasteiger charge is -2.20. The summed E-state index contributed by atoms with van der Waals surface area (Å²) in [5.74, 6) is 0.295. The summed E-state index contributed by atoms with van der Waals surface area (Å²) < 4.78 is 37.6. The van der Waals surface area contributed by atoms with Crippen molar-refractivity contribution in [1.29, 1.82) is 0 Å². The molecule has 1 aliphatic rings. The molecule has 0 spiro atoms. The molecule has 1 fully saturated rings. The molecule has 1 saturated heterocycles. The van der Waals surface area contributed by atoms with Crippen molar-refractivity contribution in [2.75, 3.05) is 30.4 Å². The Morgan fingerprint density at radius 1 is 1.06 bits per heavy atom. The number of imide groups is 1. The van der Waals surface area contributed by atoms with E-state index in [0.717, 1.165) is 27.2 Å². The van der Waals surface area contributed by atoms with Crippen molar-refractivity contribution in [3.8, 4) is 0 Å². The number of hydrogen-bond donors (Lipinski definition) is 0. The molecule has 0 unspecified atom stereocenters. The number of fused-ring (bicyclic) bond motifs is 1. The SMILES string of the molecule is CN(C)c1cc(CN2CC(=O)N(c3ccc(SC(F)(F)F)cc3)C2=O)c2ccccc2n1. The van der Waals surface area contributed by atoms with Crippen LogP contribution < -0.4 is 9.80 Å². The van der Waals surface area contributed by atoms with Gasteiger partial charge in [0.2, 0.25) is 0 Å². The fraction of sp³-hybridized carbons (Fsp3) is 0.227. The molecule has 10 heteroatoms. The zero-order chi connectivity index (χ0) is 23.0. The van der Waals surface area contributed by atoms with Crippen molar-refractivity contribution in [2.24, 2.45) is 0 Å². The van der Waals surface area contributed by atoms with Crippen LogP contribution in [0.4, 0.5) is 29.5 Å². The minimum Gasteiger partial charge on any atom is -0.363 e. The third-order valence-electron chi connectivity index (χ3n) is 4.97. The maximum atomic E-state index is 13.0. The number of carbonyl (C=O) groups excluding carboxylic acids is 2. The number of nitrogens with zero attached hydrogens (tertiary/aromatic N) is 4. The smallest absolute Gasteiger partial charge is 0.363 e. The molecule has 0 saturated carbocycles. The summed E-state index contributed by atoms with van der Waals surface area (Å²) in [5.41, 5.74) is -2.54. The second-order valence-corrected chi connectivity index (χ2v) is 8.60. The molecule has 3 aromatic rings. The summed E-state index contributed by atoms with van der Waals surface area (Å²) in [6.07, 6.45) is 0. The molecule has 166 valence electrons. The van der Waals surface area contributed by atoms with Crippen LogP contribution in [-0.4, -0.2) is 48.0 Å². The maximum absolute atomic E-state index is 13.0. The van der Waals surface area contributed by atoms with E-state index < -0.39 is 17.4 Å². The van der Waals surface area contributed by atoms with Crippen molar-refractivity contribution in [3.63, 3.8) is 0 Å². The molecule has 0 atom stereocenters. The molecule has 2 heterocycles. The van der Waals surface area contributed by atoms with Gasteiger partial charge >= 0.3 is 11.5 Å². The summed E-state index contributed by atoms with van der Waals surface area (Å²) in [6.45, 7) is 0.0821. The number of thioether (sulfide) groups is 1. The van der Waals surface area contributed by atoms with E-state index in [4.69, 9.17) is 0 Å². The largest absolute Gasteiger partial charge is 0.446 e. The van der Waals surface area contributed by atoms with Gasteiger partial charge in [-0.1, -0.05) is 18.2 Å². The number of urea groups is 1. The summed E-state index contributed by atoms with van der Waals surface area (Å²) in [4.78, 5) is 34.5. The van der Waals surface area contributed by atoms with Crippen molar-refractivity contribution >= 4 is 46.1 Å². The van der Waals surface area contributed by atoms with E-state index >= 15 is 0 Å². The first-order valence-electron chi connectivity index (χ1n) is 9.66. The number of pyridine rings is 1. The van der Waals surface area contributed by atoms with Gasteiger partial charge in [-0.15, -0.1) is 0 Å². The van der Waals surface area contributed by atoms with Crippen LogP contribution in [0.1, 0.15) is 5.56 Å². The highest BCUT2D eigenvalue weighted by atomic mass is 32.2. The van der Waals surface area contributed by atoms with E-state index in [2.05, 4.69) is 4.98 Å². The summed E-state index contributed by atoms with van der Waals surface area (Å²) in [7, 11) is 3.74. The fourth-order valence-corrected chi connectivity index (χ4v) is 4.06. The van der Waals surface area contributed by atoms with Crippen LogP contribution in [0.5, 0.6) is 0 Å². The molecule has 0 bridgehead atoms. The minimum atomic E-state index is -4.41. The quantitative estimate of drug-likeness (QED) is 0.401. The van der Waals surface area contributed by atoms with E-state index in [1.165, 1.54) is 29.2 Å². The van der Waals surface area contributed by atoms with Crippen LogP contribution in [0.3, 0.4) is 0 Å². The number of hydrogen-bond acceptors (Lipinski definition) is 5. The Kier molecular flexibility index (Phi) is 5.72. The van der Waals surface area contributed by atoms with Gasteiger partial charge in [0.05, 0.1) is 11.2 Å². The van der Waals surface area contributed by atoms with E-state index in [-0.39, 0.29) is 35.4 Å². The van der Waals surface area contributed by atoms with Gasteiger partial charge in [0.15, 0.2) is 0 Å². The minimum absolute atomic E-state index is 0.0170. The highest BCUT2D eigenvalue weighted by Crippen LogP contribution is 2.37. The molecule has 1 aromatic heterocycles. The van der Waals surface area contributed by atoms with Crippen molar-refractivity contribution < 1.29 is 22.8 Å². The third-order valence-corrected chi connectivity index (χ3v) is 5.71. The van der Waals surface area contributed by atoms with Gasteiger partial charge < -0.3 is 9.80 Å². The lowest BCUT2D eigenvalue weighted by Crippen LogP contribution is -2.32. The first kappa shape index (κ1) is 21.9. The second-order valence-electron chi connectivity index (χ2n) is 7.46. The highest BCUT2D eigenvalue weighted by molar-refractivity contribution is 8.00. The van der Waals surface area contributed by atoms with E-state index in [1.807, 2.05) is 49.3 Å². The zero-order valence-corrected chi connectivity index (χ0v) is 18.1. The molecule has 1 aliphatic heterocycles. The number of anilines is 2. The van der Waals surface area contributed by atoms with Crippen molar-refractivity contribution in [3.05, 3.63) is 60.2 Å². The summed E-state index contributed by atoms with van der Waals surface area (Å²) >= 11 is -0.248. The lowest BCUT2D eigenvalue weighted by molar-refractivity contribution is -0.116. The lowest BCUT2D eigenvalue weighted by atomic mass is 10.1. The third kappa shape index (κ3) is 4.50. The molecule has 4 rings (SSSR count). The predicted molar refractivity (Wildman–Crippen MR) is 118 cm³/mol. The van der Waals surface area contributed by atoms with Crippen LogP contribution in [0.25, 0.3) is 10.9 Å². The van der Waals surface area contributed by atoms with E-state index in [1.54, 1.807) is 0 Å². The Balaban J connectivity index is 1.59. The van der Waals surface area contributed by atoms with Crippen LogP contribution >= 0.6 is 11.8 Å². The van der Waals surface area contributed by atoms with Gasteiger partial charge in [0.25, 0.3) is 5.91 Å². The van der Waals surface area contributed by atoms with Gasteiger partial charge in [0, 0.05) is 30.9 Å². The molecular formula is C22H19F3N4O2S. The predicted octanol–water partition coefficient (Wildman–Crippen LogP) is 4.88. The Hall–Kier alpha value is -3.27. The Morgan fingerprint density at radius 2 is 1.75 bits per heavy atom. The summed E-state index contributed by atoms with van der Waals surface area (Å²) in [5, 5.41) is 0.880. The van der Waals surface area contributed by atoms with Crippen molar-refractivity contribution in [2.45, 2.75) is 16.9 Å². The number of rotatable bonds is 5. The topological polar surface area (TPSA) is 56.8 Å². The first-order valence-corrected chi connectivity index (χ1v) is 10.5. The first-order chi connectivity index (χ1) is 15.1. The van der Waals surface area contributed by atoms with Crippen molar-refractivity contribution in [1.82, 2.24) is 9.88 Å². The number of amides is 3. The average Bonchev–Trinajstić information content (AvgIpc) is 3.00. The van der Waals surface area contributed by atoms with Gasteiger partial charge in [-0.05, 0) is 53.7 Å². The monoisotopic (exact) mass is 460 g/mol. The zero-order valence-electron chi connectivity index (χ0n) is 17.3. The number of para-hydroxylation sites is 1. The number of carbonyl (C=O) groups is 2. The summed E-state index contributed by atoms with van der Waals surface area (Å²) in [6, 6.07) is 14.1. The van der Waals surface area contributed by atoms with Gasteiger partial charge in [-0.2, -0.15) is 13.2 Å². The molecule has 3 amide bonds. The Labute approximate surface area is 186 Å². The van der Waals surface area contributed by atoms with Crippen LogP contribution in [0, 0.1) is 0 Å². The molecule has 2 aromatic carbocycles. The highest BCUT2D eigenvalue weighted by Gasteiger charge is 2.37. The molecular weight excluding hydrogens is 441 g/mol. The normalized spacial score (nSPS) is 14.5. The van der Waals surface area contributed by atoms with Crippen LogP contribution in [-0.2, 0) is 11.3 Å². The average molecular weight is 460 g/mol. The fourth-order valence-electron chi connectivity index (χ4n) is 3.52. The standard InChI is InChI=1S/C22H19F3N4O2S/c1-27(2)19-11-14(17-5-3-4-6-18(17)26-19)12-28-13-20(30)29(21(28)31)15-7-9-16(10-8-15)32-22(23,24)25/h3-11H,12-13H2,1-2H3. The maximum Gasteiger partial charge on any atom is 0.446 e. The number of alkyl halides is 3. The number of aromatic nitrogens is 1. The molecule has 6 nitrogen and oxygen atoms in total. The number of benzene rings is 2. The Morgan fingerprint density at radius 3 is 2.41 bits per heavy atom. The van der Waals surface area contributed by atoms with Crippen LogP contribution in [0.2, 0.25) is 0 Å². The molecule has 0 N–H and O–H groups in total. The molecule has 0 aliphatic carbocycles. The van der Waals surface area contributed by atoms with Gasteiger partial charge in [-0.25, -0.2) is 14.7 Å². The van der Waals surface area contributed by atoms with Gasteiger partial charge in [0.1, 0.15) is 12.4 Å². The van der Waals surface area contributed by atoms with E-state index in [9.17, 15) is 22.8 Å². The molecule has 0 radical (unpaired) electrons. The van der Waals surface area contributed by atoms with E-state index in [0.29, 0.717) is 0 Å². The Bertz CT molecular complexity index is 1180. The van der Waals surface area contributed by atoms with Crippen LogP contribution in [0.15, 0.2) is 59.5 Å². The second kappa shape index (κ2) is 8.34. The molecule has 32 heavy (non-hydrogen) atoms. The number of halogens is 3.